The van der Waals surface area contributed by atoms with E-state index in [0.717, 1.165) is 16.7 Å². The third kappa shape index (κ3) is 4.36. The van der Waals surface area contributed by atoms with E-state index in [4.69, 9.17) is 10.4 Å². The van der Waals surface area contributed by atoms with Crippen LogP contribution in [0.1, 0.15) is 29.0 Å². The molecule has 4 rings (SSSR count). The van der Waals surface area contributed by atoms with Crippen molar-refractivity contribution >= 4 is 15.9 Å². The number of carbonyl (C=O) groups is 1. The second kappa shape index (κ2) is 8.34. The van der Waals surface area contributed by atoms with E-state index in [9.17, 15) is 13.2 Å². The number of sulfonamides is 1. The molecule has 31 heavy (non-hydrogen) atoms. The predicted octanol–water partition coefficient (Wildman–Crippen LogP) is 3.39. The molecule has 3 aromatic rings. The molecule has 1 saturated heterocycles. The average molecular weight is 432 g/mol. The highest BCUT2D eigenvalue weighted by Crippen LogP contribution is 2.37. The van der Waals surface area contributed by atoms with Crippen LogP contribution in [-0.2, 0) is 21.4 Å². The SMILES string of the molecule is N#Cc1cccc(CN2CC[C@@H](c3cc(S(N)(=O)=O)ccc3-c3ccccc3)C2=O)c1. The summed E-state index contributed by atoms with van der Waals surface area (Å²) < 4.78 is 23.9. The number of hydrogen-bond acceptors (Lipinski definition) is 4. The van der Waals surface area contributed by atoms with E-state index in [2.05, 4.69) is 6.07 Å². The van der Waals surface area contributed by atoms with E-state index in [1.807, 2.05) is 36.4 Å². The Kier molecular flexibility index (Phi) is 5.59. The fourth-order valence-corrected chi connectivity index (χ4v) is 4.58. The van der Waals surface area contributed by atoms with Crippen LogP contribution in [0.25, 0.3) is 11.1 Å². The number of carbonyl (C=O) groups excluding carboxylic acids is 1. The summed E-state index contributed by atoms with van der Waals surface area (Å²) in [4.78, 5) is 15.0. The monoisotopic (exact) mass is 431 g/mol. The van der Waals surface area contributed by atoms with Crippen LogP contribution in [0.3, 0.4) is 0 Å². The highest BCUT2D eigenvalue weighted by molar-refractivity contribution is 7.89. The van der Waals surface area contributed by atoms with E-state index < -0.39 is 15.9 Å². The zero-order chi connectivity index (χ0) is 22.0. The van der Waals surface area contributed by atoms with Gasteiger partial charge in [0.15, 0.2) is 0 Å². The molecular formula is C24H21N3O3S. The van der Waals surface area contributed by atoms with Crippen molar-refractivity contribution in [2.75, 3.05) is 6.54 Å². The molecule has 0 aliphatic carbocycles. The van der Waals surface area contributed by atoms with Crippen LogP contribution in [0.2, 0.25) is 0 Å². The number of nitrogens with zero attached hydrogens (tertiary/aromatic N) is 2. The maximum Gasteiger partial charge on any atom is 0.238 e. The van der Waals surface area contributed by atoms with Gasteiger partial charge >= 0.3 is 0 Å². The number of amides is 1. The van der Waals surface area contributed by atoms with Crippen molar-refractivity contribution in [1.29, 1.82) is 5.26 Å². The van der Waals surface area contributed by atoms with Gasteiger partial charge in [-0.3, -0.25) is 4.79 Å². The predicted molar refractivity (Wildman–Crippen MR) is 117 cm³/mol. The molecule has 1 heterocycles. The number of rotatable bonds is 5. The number of nitrogens with two attached hydrogens (primary N) is 1. The average Bonchev–Trinajstić information content (AvgIpc) is 3.13. The lowest BCUT2D eigenvalue weighted by Gasteiger charge is -2.19. The molecule has 6 nitrogen and oxygen atoms in total. The molecule has 0 saturated carbocycles. The van der Waals surface area contributed by atoms with Gasteiger partial charge in [-0.25, -0.2) is 13.6 Å². The van der Waals surface area contributed by atoms with Crippen molar-refractivity contribution in [3.05, 3.63) is 89.5 Å². The minimum Gasteiger partial charge on any atom is -0.338 e. The van der Waals surface area contributed by atoms with Crippen LogP contribution in [-0.4, -0.2) is 25.8 Å². The van der Waals surface area contributed by atoms with Crippen LogP contribution in [0.4, 0.5) is 0 Å². The van der Waals surface area contributed by atoms with Crippen LogP contribution < -0.4 is 5.14 Å². The van der Waals surface area contributed by atoms with Gasteiger partial charge in [0.05, 0.1) is 22.4 Å². The normalized spacial score (nSPS) is 16.3. The molecule has 7 heteroatoms. The topological polar surface area (TPSA) is 104 Å². The molecule has 0 radical (unpaired) electrons. The first kappa shape index (κ1) is 20.8. The molecule has 0 spiro atoms. The van der Waals surface area contributed by atoms with Gasteiger partial charge in [-0.1, -0.05) is 48.5 Å². The molecule has 1 amide bonds. The van der Waals surface area contributed by atoms with Gasteiger partial charge < -0.3 is 4.90 Å². The number of primary sulfonamides is 1. The van der Waals surface area contributed by atoms with Crippen molar-refractivity contribution < 1.29 is 13.2 Å². The van der Waals surface area contributed by atoms with E-state index in [1.165, 1.54) is 12.1 Å². The summed E-state index contributed by atoms with van der Waals surface area (Å²) in [5.41, 5.74) is 3.82. The zero-order valence-corrected chi connectivity index (χ0v) is 17.5. The first-order valence-electron chi connectivity index (χ1n) is 9.87. The van der Waals surface area contributed by atoms with Gasteiger partial charge in [-0.05, 0) is 52.9 Å². The first-order valence-corrected chi connectivity index (χ1v) is 11.4. The largest absolute Gasteiger partial charge is 0.338 e. The number of benzene rings is 3. The molecule has 1 atom stereocenters. The summed E-state index contributed by atoms with van der Waals surface area (Å²) in [6.45, 7) is 0.953. The minimum absolute atomic E-state index is 0.00449. The fraction of sp³-hybridized carbons (Fsp3) is 0.167. The molecule has 1 aliphatic rings. The van der Waals surface area contributed by atoms with Crippen molar-refractivity contribution in [2.24, 2.45) is 5.14 Å². The van der Waals surface area contributed by atoms with Gasteiger partial charge in [0, 0.05) is 13.1 Å². The third-order valence-electron chi connectivity index (χ3n) is 5.54. The highest BCUT2D eigenvalue weighted by atomic mass is 32.2. The summed E-state index contributed by atoms with van der Waals surface area (Å²) in [5.74, 6) is -0.526. The summed E-state index contributed by atoms with van der Waals surface area (Å²) in [6, 6.07) is 23.6. The quantitative estimate of drug-likeness (QED) is 0.668. The standard InChI is InChI=1S/C24H21N3O3S/c25-15-17-5-4-6-18(13-17)16-27-12-11-22(24(27)28)23-14-20(31(26,29)30)9-10-21(23)19-7-2-1-3-8-19/h1-10,13-14,22H,11-12,16H2,(H2,26,29,30)/t22-/m0/s1. The lowest BCUT2D eigenvalue weighted by molar-refractivity contribution is -0.129. The lowest BCUT2D eigenvalue weighted by Crippen LogP contribution is -2.26. The molecular weight excluding hydrogens is 410 g/mol. The van der Waals surface area contributed by atoms with E-state index in [-0.39, 0.29) is 10.8 Å². The summed E-state index contributed by atoms with van der Waals surface area (Å²) in [6.07, 6.45) is 0.574. The summed E-state index contributed by atoms with van der Waals surface area (Å²) >= 11 is 0. The Morgan fingerprint density at radius 2 is 1.81 bits per heavy atom. The van der Waals surface area contributed by atoms with Crippen LogP contribution in [0.5, 0.6) is 0 Å². The molecule has 3 aromatic carbocycles. The molecule has 156 valence electrons. The van der Waals surface area contributed by atoms with Crippen LogP contribution >= 0.6 is 0 Å². The number of likely N-dealkylation sites (tertiary alicyclic amines) is 1. The Labute approximate surface area is 181 Å². The van der Waals surface area contributed by atoms with Crippen molar-refractivity contribution in [1.82, 2.24) is 4.90 Å². The number of hydrogen-bond donors (Lipinski definition) is 1. The molecule has 1 fully saturated rings. The summed E-state index contributed by atoms with van der Waals surface area (Å²) in [5, 5.41) is 14.5. The van der Waals surface area contributed by atoms with E-state index >= 15 is 0 Å². The van der Waals surface area contributed by atoms with Crippen LogP contribution in [0, 0.1) is 11.3 Å². The highest BCUT2D eigenvalue weighted by Gasteiger charge is 2.34. The van der Waals surface area contributed by atoms with Crippen molar-refractivity contribution in [3.8, 4) is 17.2 Å². The fourth-order valence-electron chi connectivity index (χ4n) is 4.03. The first-order chi connectivity index (χ1) is 14.9. The third-order valence-corrected chi connectivity index (χ3v) is 6.45. The number of nitriles is 1. The van der Waals surface area contributed by atoms with E-state index in [1.54, 1.807) is 29.2 Å². The Morgan fingerprint density at radius 3 is 2.52 bits per heavy atom. The van der Waals surface area contributed by atoms with Crippen molar-refractivity contribution in [3.63, 3.8) is 0 Å². The Morgan fingerprint density at radius 1 is 1.03 bits per heavy atom. The Bertz CT molecular complexity index is 1280. The zero-order valence-electron chi connectivity index (χ0n) is 16.7. The molecule has 0 unspecified atom stereocenters. The van der Waals surface area contributed by atoms with Gasteiger partial charge in [-0.15, -0.1) is 0 Å². The molecule has 0 bridgehead atoms. The maximum atomic E-state index is 13.3. The summed E-state index contributed by atoms with van der Waals surface area (Å²) in [7, 11) is -3.90. The van der Waals surface area contributed by atoms with E-state index in [0.29, 0.717) is 30.6 Å². The van der Waals surface area contributed by atoms with Gasteiger partial charge in [-0.2, -0.15) is 5.26 Å². The molecule has 1 aliphatic heterocycles. The molecule has 2 N–H and O–H groups in total. The minimum atomic E-state index is -3.90. The Hall–Kier alpha value is -3.47. The second-order valence-corrected chi connectivity index (χ2v) is 9.13. The lowest BCUT2D eigenvalue weighted by atomic mass is 9.89. The van der Waals surface area contributed by atoms with Crippen molar-refractivity contribution in [2.45, 2.75) is 23.8 Å². The smallest absolute Gasteiger partial charge is 0.238 e. The van der Waals surface area contributed by atoms with Gasteiger partial charge in [0.1, 0.15) is 0 Å². The van der Waals surface area contributed by atoms with Gasteiger partial charge in [0.2, 0.25) is 15.9 Å². The second-order valence-electron chi connectivity index (χ2n) is 7.57. The molecule has 0 aromatic heterocycles. The Balaban J connectivity index is 1.70. The maximum absolute atomic E-state index is 13.3. The van der Waals surface area contributed by atoms with Crippen LogP contribution in [0.15, 0.2) is 77.7 Å². The van der Waals surface area contributed by atoms with Gasteiger partial charge in [0.25, 0.3) is 0 Å².